The van der Waals surface area contributed by atoms with Gasteiger partial charge in [-0.2, -0.15) is 0 Å². The van der Waals surface area contributed by atoms with E-state index in [2.05, 4.69) is 15.6 Å². The van der Waals surface area contributed by atoms with E-state index in [9.17, 15) is 14.4 Å². The van der Waals surface area contributed by atoms with E-state index < -0.39 is 0 Å². The molecule has 4 rings (SSSR count). The molecule has 2 aromatic carbocycles. The number of amides is 2. The van der Waals surface area contributed by atoms with E-state index in [1.807, 2.05) is 6.07 Å². The smallest absolute Gasteiger partial charge is 0.259 e. The topological polar surface area (TPSA) is 124 Å². The molecule has 0 aliphatic rings. The maximum atomic E-state index is 12.5. The number of anilines is 1. The molecule has 2 amide bonds. The summed E-state index contributed by atoms with van der Waals surface area (Å²) >= 11 is 0. The quantitative estimate of drug-likeness (QED) is 0.328. The molecule has 0 unspecified atom stereocenters. The van der Waals surface area contributed by atoms with Crippen molar-refractivity contribution in [2.75, 3.05) is 11.9 Å². The highest BCUT2D eigenvalue weighted by Gasteiger charge is 2.15. The second-order valence-corrected chi connectivity index (χ2v) is 8.09. The van der Waals surface area contributed by atoms with Crippen LogP contribution in [0.3, 0.4) is 0 Å². The Hall–Kier alpha value is -4.66. The summed E-state index contributed by atoms with van der Waals surface area (Å²) in [6, 6.07) is 15.3. The van der Waals surface area contributed by atoms with Gasteiger partial charge in [0.1, 0.15) is 23.0 Å². The molecule has 2 N–H and O–H groups in total. The number of rotatable bonds is 9. The first-order valence-corrected chi connectivity index (χ1v) is 11.2. The first-order chi connectivity index (χ1) is 17.3. The van der Waals surface area contributed by atoms with Crippen molar-refractivity contribution in [1.29, 1.82) is 0 Å². The molecule has 0 saturated carbocycles. The number of nitrogens with zero attached hydrogens (tertiary/aromatic N) is 1. The van der Waals surface area contributed by atoms with E-state index >= 15 is 0 Å². The van der Waals surface area contributed by atoms with Gasteiger partial charge in [-0.25, -0.2) is 4.98 Å². The first kappa shape index (κ1) is 24.5. The van der Waals surface area contributed by atoms with E-state index in [1.54, 1.807) is 62.4 Å². The summed E-state index contributed by atoms with van der Waals surface area (Å²) in [6.07, 6.45) is 1.47. The minimum atomic E-state index is -0.325. The number of furan rings is 1. The molecule has 0 fully saturated rings. The van der Waals surface area contributed by atoms with Crippen LogP contribution >= 0.6 is 0 Å². The average Bonchev–Trinajstić information content (AvgIpc) is 3.47. The number of Topliss-reactive ketones (excluding diaryl/α,β-unsaturated/α-hetero) is 1. The summed E-state index contributed by atoms with van der Waals surface area (Å²) in [5.41, 5.74) is 2.87. The minimum absolute atomic E-state index is 0.0394. The van der Waals surface area contributed by atoms with E-state index in [-0.39, 0.29) is 30.7 Å². The molecule has 0 spiro atoms. The SMILES string of the molecule is CC(=O)c1ccc(OCC(=O)NCc2nc(-c3cccc(NC(=O)c4ccoc4C)c3)oc2C)cc1. The van der Waals surface area contributed by atoms with Gasteiger partial charge in [0.05, 0.1) is 18.4 Å². The average molecular weight is 488 g/mol. The molecule has 0 saturated heterocycles. The third kappa shape index (κ3) is 5.87. The zero-order valence-corrected chi connectivity index (χ0v) is 20.1. The van der Waals surface area contributed by atoms with Crippen molar-refractivity contribution in [3.8, 4) is 17.2 Å². The van der Waals surface area contributed by atoms with Gasteiger partial charge in [0.25, 0.3) is 11.8 Å². The van der Waals surface area contributed by atoms with Crippen LogP contribution in [0.1, 0.15) is 44.9 Å². The van der Waals surface area contributed by atoms with E-state index in [0.717, 1.165) is 0 Å². The maximum Gasteiger partial charge on any atom is 0.259 e. The molecular weight excluding hydrogens is 462 g/mol. The number of nitrogens with one attached hydrogen (secondary N) is 2. The Morgan fingerprint density at radius 3 is 2.47 bits per heavy atom. The van der Waals surface area contributed by atoms with Crippen LogP contribution < -0.4 is 15.4 Å². The number of carbonyl (C=O) groups excluding carboxylic acids is 3. The molecule has 2 aromatic heterocycles. The number of hydrogen-bond acceptors (Lipinski definition) is 7. The number of aromatic nitrogens is 1. The van der Waals surface area contributed by atoms with Crippen LogP contribution in [0.5, 0.6) is 5.75 Å². The summed E-state index contributed by atoms with van der Waals surface area (Å²) in [4.78, 5) is 40.5. The highest BCUT2D eigenvalue weighted by Crippen LogP contribution is 2.25. The second-order valence-electron chi connectivity index (χ2n) is 8.09. The molecule has 0 radical (unpaired) electrons. The number of ether oxygens (including phenoxy) is 1. The fraction of sp³-hybridized carbons (Fsp3) is 0.185. The second kappa shape index (κ2) is 10.7. The van der Waals surface area contributed by atoms with Crippen LogP contribution in [0.2, 0.25) is 0 Å². The normalized spacial score (nSPS) is 10.6. The predicted octanol–water partition coefficient (Wildman–Crippen LogP) is 4.70. The monoisotopic (exact) mass is 487 g/mol. The molecular formula is C27H25N3O6. The molecule has 36 heavy (non-hydrogen) atoms. The highest BCUT2D eigenvalue weighted by atomic mass is 16.5. The molecule has 0 aliphatic carbocycles. The number of oxazole rings is 1. The van der Waals surface area contributed by atoms with Crippen LogP contribution in [0, 0.1) is 13.8 Å². The third-order valence-electron chi connectivity index (χ3n) is 5.45. The van der Waals surface area contributed by atoms with Crippen LogP contribution in [-0.2, 0) is 11.3 Å². The van der Waals surface area contributed by atoms with Gasteiger partial charge in [0.15, 0.2) is 12.4 Å². The van der Waals surface area contributed by atoms with Gasteiger partial charge in [-0.1, -0.05) is 6.07 Å². The lowest BCUT2D eigenvalue weighted by Gasteiger charge is -2.07. The Bertz CT molecular complexity index is 1400. The number of ketones is 1. The lowest BCUT2D eigenvalue weighted by atomic mass is 10.1. The highest BCUT2D eigenvalue weighted by molar-refractivity contribution is 6.05. The largest absolute Gasteiger partial charge is 0.484 e. The third-order valence-corrected chi connectivity index (χ3v) is 5.45. The van der Waals surface area contributed by atoms with Crippen molar-refractivity contribution in [2.45, 2.75) is 27.3 Å². The van der Waals surface area contributed by atoms with Gasteiger partial charge < -0.3 is 24.2 Å². The van der Waals surface area contributed by atoms with E-state index in [0.29, 0.717) is 51.2 Å². The molecule has 9 nitrogen and oxygen atoms in total. The van der Waals surface area contributed by atoms with Crippen LogP contribution in [-0.4, -0.2) is 29.2 Å². The number of aryl methyl sites for hydroxylation is 2. The summed E-state index contributed by atoms with van der Waals surface area (Å²) in [5.74, 6) is 1.32. The number of carbonyl (C=O) groups is 3. The van der Waals surface area contributed by atoms with E-state index in [1.165, 1.54) is 13.2 Å². The fourth-order valence-corrected chi connectivity index (χ4v) is 3.43. The van der Waals surface area contributed by atoms with Crippen molar-refractivity contribution >= 4 is 23.3 Å². The molecule has 0 bridgehead atoms. The van der Waals surface area contributed by atoms with Crippen molar-refractivity contribution < 1.29 is 28.0 Å². The summed E-state index contributed by atoms with van der Waals surface area (Å²) in [6.45, 7) is 4.95. The van der Waals surface area contributed by atoms with Crippen LogP contribution in [0.4, 0.5) is 5.69 Å². The van der Waals surface area contributed by atoms with Crippen molar-refractivity contribution in [1.82, 2.24) is 10.3 Å². The molecule has 0 atom stereocenters. The van der Waals surface area contributed by atoms with Gasteiger partial charge in [0.2, 0.25) is 5.89 Å². The van der Waals surface area contributed by atoms with Crippen LogP contribution in [0.25, 0.3) is 11.5 Å². The molecule has 0 aliphatic heterocycles. The molecule has 9 heteroatoms. The zero-order valence-electron chi connectivity index (χ0n) is 20.1. The summed E-state index contributed by atoms with van der Waals surface area (Å²) in [7, 11) is 0. The van der Waals surface area contributed by atoms with Crippen LogP contribution in [0.15, 0.2) is 69.7 Å². The Morgan fingerprint density at radius 2 is 1.78 bits per heavy atom. The number of hydrogen-bond donors (Lipinski definition) is 2. The van der Waals surface area contributed by atoms with Gasteiger partial charge in [-0.05, 0) is 69.3 Å². The summed E-state index contributed by atoms with van der Waals surface area (Å²) < 4.78 is 16.4. The van der Waals surface area contributed by atoms with Crippen molar-refractivity contribution in [3.63, 3.8) is 0 Å². The minimum Gasteiger partial charge on any atom is -0.484 e. The van der Waals surface area contributed by atoms with Crippen molar-refractivity contribution in [3.05, 3.63) is 89.2 Å². The van der Waals surface area contributed by atoms with E-state index in [4.69, 9.17) is 13.6 Å². The molecule has 4 aromatic rings. The lowest BCUT2D eigenvalue weighted by molar-refractivity contribution is -0.123. The number of benzene rings is 2. The van der Waals surface area contributed by atoms with Gasteiger partial charge >= 0.3 is 0 Å². The van der Waals surface area contributed by atoms with Gasteiger partial charge in [-0.15, -0.1) is 0 Å². The molecule has 184 valence electrons. The molecule has 2 heterocycles. The Labute approximate surface area is 207 Å². The van der Waals surface area contributed by atoms with Crippen molar-refractivity contribution in [2.24, 2.45) is 0 Å². The Kier molecular flexibility index (Phi) is 7.29. The fourth-order valence-electron chi connectivity index (χ4n) is 3.43. The standard InChI is InChI=1S/C27H25N3O6/c1-16(31)19-7-9-22(10-8-19)35-15-25(32)28-14-24-18(3)36-27(30-24)20-5-4-6-21(13-20)29-26(33)23-11-12-34-17(23)2/h4-13H,14-15H2,1-3H3,(H,28,32)(H,29,33). The zero-order chi connectivity index (χ0) is 25.7. The Morgan fingerprint density at radius 1 is 1.00 bits per heavy atom. The summed E-state index contributed by atoms with van der Waals surface area (Å²) in [5, 5.41) is 5.59. The lowest BCUT2D eigenvalue weighted by Crippen LogP contribution is -2.28. The van der Waals surface area contributed by atoms with Gasteiger partial charge in [-0.3, -0.25) is 14.4 Å². The predicted molar refractivity (Wildman–Crippen MR) is 132 cm³/mol. The maximum absolute atomic E-state index is 12.5. The first-order valence-electron chi connectivity index (χ1n) is 11.2. The Balaban J connectivity index is 1.34. The van der Waals surface area contributed by atoms with Gasteiger partial charge in [0, 0.05) is 16.8 Å².